The summed E-state index contributed by atoms with van der Waals surface area (Å²) in [6.07, 6.45) is 1.88. The lowest BCUT2D eigenvalue weighted by molar-refractivity contribution is 0.122. The van der Waals surface area contributed by atoms with Crippen LogP contribution in [0, 0.1) is 0 Å². The van der Waals surface area contributed by atoms with Gasteiger partial charge >= 0.3 is 0 Å². The topological polar surface area (TPSA) is 52.4 Å². The van der Waals surface area contributed by atoms with E-state index in [1.807, 2.05) is 24.4 Å². The average molecular weight is 477 g/mol. The first-order valence-electron chi connectivity index (χ1n) is 12.3. The highest BCUT2D eigenvalue weighted by atomic mass is 16.5. The average Bonchev–Trinajstić information content (AvgIpc) is 3.32. The smallest absolute Gasteiger partial charge is 0.129 e. The minimum Gasteiger partial charge on any atom is -0.497 e. The van der Waals surface area contributed by atoms with Crippen molar-refractivity contribution in [1.82, 2.24) is 14.8 Å². The van der Waals surface area contributed by atoms with Crippen molar-refractivity contribution in [1.29, 1.82) is 0 Å². The van der Waals surface area contributed by atoms with Crippen LogP contribution in [0.4, 0.5) is 5.82 Å². The summed E-state index contributed by atoms with van der Waals surface area (Å²) in [4.78, 5) is 6.91. The first kappa shape index (κ1) is 22.3. The van der Waals surface area contributed by atoms with E-state index in [1.54, 1.807) is 7.11 Å². The maximum atomic E-state index is 5.52. The summed E-state index contributed by atoms with van der Waals surface area (Å²) in [5, 5.41) is 6.26. The Kier molecular flexibility index (Phi) is 6.10. The fourth-order valence-corrected chi connectivity index (χ4v) is 4.75. The number of hydrogen-bond acceptors (Lipinski definition) is 5. The quantitative estimate of drug-likeness (QED) is 0.317. The van der Waals surface area contributed by atoms with Gasteiger partial charge in [0, 0.05) is 30.2 Å². The van der Waals surface area contributed by atoms with E-state index < -0.39 is 0 Å². The highest BCUT2D eigenvalue weighted by Gasteiger charge is 2.17. The van der Waals surface area contributed by atoms with Gasteiger partial charge in [-0.2, -0.15) is 5.10 Å². The van der Waals surface area contributed by atoms with E-state index in [9.17, 15) is 0 Å². The van der Waals surface area contributed by atoms with Crippen molar-refractivity contribution in [3.05, 3.63) is 96.7 Å². The molecule has 3 heterocycles. The molecule has 0 aliphatic carbocycles. The van der Waals surface area contributed by atoms with Gasteiger partial charge < -0.3 is 14.4 Å². The van der Waals surface area contributed by atoms with Gasteiger partial charge in [0.15, 0.2) is 0 Å². The molecule has 1 fully saturated rings. The second-order valence-electron chi connectivity index (χ2n) is 8.95. The van der Waals surface area contributed by atoms with Gasteiger partial charge in [-0.3, -0.25) is 4.68 Å². The number of ether oxygens (including phenoxy) is 2. The van der Waals surface area contributed by atoms with E-state index in [-0.39, 0.29) is 0 Å². The monoisotopic (exact) mass is 476 g/mol. The van der Waals surface area contributed by atoms with Gasteiger partial charge in [-0.1, -0.05) is 48.5 Å². The Balaban J connectivity index is 1.45. The molecule has 0 saturated carbocycles. The highest BCUT2D eigenvalue weighted by Crippen LogP contribution is 2.33. The van der Waals surface area contributed by atoms with E-state index >= 15 is 0 Å². The third-order valence-corrected chi connectivity index (χ3v) is 6.70. The molecule has 6 rings (SSSR count). The molecule has 2 aromatic heterocycles. The number of aromatic nitrogens is 3. The third kappa shape index (κ3) is 4.43. The van der Waals surface area contributed by atoms with Crippen molar-refractivity contribution in [2.24, 2.45) is 0 Å². The van der Waals surface area contributed by atoms with E-state index in [2.05, 4.69) is 81.3 Å². The summed E-state index contributed by atoms with van der Waals surface area (Å²) in [7, 11) is 1.69. The number of hydrogen-bond donors (Lipinski definition) is 0. The summed E-state index contributed by atoms with van der Waals surface area (Å²) < 4.78 is 13.0. The number of rotatable bonds is 6. The van der Waals surface area contributed by atoms with E-state index in [0.717, 1.165) is 60.0 Å². The fourth-order valence-electron chi connectivity index (χ4n) is 4.75. The molecule has 1 saturated heterocycles. The minimum absolute atomic E-state index is 0.667. The first-order chi connectivity index (χ1) is 17.8. The lowest BCUT2D eigenvalue weighted by Gasteiger charge is -2.27. The lowest BCUT2D eigenvalue weighted by atomic mass is 10.0. The van der Waals surface area contributed by atoms with Crippen LogP contribution in [0.2, 0.25) is 0 Å². The second-order valence-corrected chi connectivity index (χ2v) is 8.95. The normalized spacial score (nSPS) is 13.8. The van der Waals surface area contributed by atoms with Crippen LogP contribution in [0.15, 0.2) is 91.1 Å². The minimum atomic E-state index is 0.667. The van der Waals surface area contributed by atoms with Gasteiger partial charge in [-0.15, -0.1) is 0 Å². The summed E-state index contributed by atoms with van der Waals surface area (Å²) in [6.45, 7) is 3.83. The maximum absolute atomic E-state index is 5.52. The molecule has 6 nitrogen and oxygen atoms in total. The molecule has 180 valence electrons. The number of pyridine rings is 1. The fraction of sp³-hybridized carbons (Fsp3) is 0.200. The van der Waals surface area contributed by atoms with Crippen LogP contribution >= 0.6 is 0 Å². The second kappa shape index (κ2) is 9.84. The Morgan fingerprint density at radius 1 is 0.833 bits per heavy atom. The van der Waals surface area contributed by atoms with Gasteiger partial charge in [0.2, 0.25) is 0 Å². The standard InChI is InChI=1S/C30H28N4O2/c1-35-26-10-7-22(8-11-26)21-34-28-19-24(23-5-3-2-4-6-23)9-12-27(28)30(32-34)25-13-14-31-29(20-25)33-15-17-36-18-16-33/h2-14,19-20H,15-18,21H2,1H3. The number of morpholine rings is 1. The van der Waals surface area contributed by atoms with Crippen molar-refractivity contribution >= 4 is 16.7 Å². The number of nitrogens with zero attached hydrogens (tertiary/aromatic N) is 4. The van der Waals surface area contributed by atoms with Crippen molar-refractivity contribution in [3.8, 4) is 28.1 Å². The summed E-state index contributed by atoms with van der Waals surface area (Å²) in [5.41, 5.74) is 6.67. The zero-order valence-corrected chi connectivity index (χ0v) is 20.3. The van der Waals surface area contributed by atoms with Gasteiger partial charge in [-0.25, -0.2) is 4.98 Å². The molecule has 0 unspecified atom stereocenters. The Labute approximate surface area is 210 Å². The molecule has 3 aromatic carbocycles. The number of methoxy groups -OCH3 is 1. The Morgan fingerprint density at radius 3 is 2.42 bits per heavy atom. The van der Waals surface area contributed by atoms with Crippen LogP contribution in [-0.2, 0) is 11.3 Å². The molecule has 0 radical (unpaired) electrons. The van der Waals surface area contributed by atoms with Crippen molar-refractivity contribution < 1.29 is 9.47 Å². The van der Waals surface area contributed by atoms with Crippen molar-refractivity contribution in [2.45, 2.75) is 6.54 Å². The zero-order chi connectivity index (χ0) is 24.3. The van der Waals surface area contributed by atoms with Crippen LogP contribution in [0.3, 0.4) is 0 Å². The summed E-state index contributed by atoms with van der Waals surface area (Å²) >= 11 is 0. The van der Waals surface area contributed by atoms with Crippen LogP contribution in [0.1, 0.15) is 5.56 Å². The molecule has 6 heteroatoms. The lowest BCUT2D eigenvalue weighted by Crippen LogP contribution is -2.36. The van der Waals surface area contributed by atoms with Crippen LogP contribution < -0.4 is 9.64 Å². The molecule has 5 aromatic rings. The zero-order valence-electron chi connectivity index (χ0n) is 20.3. The maximum Gasteiger partial charge on any atom is 0.129 e. The van der Waals surface area contributed by atoms with Crippen LogP contribution in [-0.4, -0.2) is 48.2 Å². The SMILES string of the molecule is COc1ccc(Cn2nc(-c3ccnc(N4CCOCC4)c3)c3ccc(-c4ccccc4)cc32)cc1. The molecule has 1 aliphatic rings. The number of benzene rings is 3. The number of fused-ring (bicyclic) bond motifs is 1. The largest absolute Gasteiger partial charge is 0.497 e. The Morgan fingerprint density at radius 2 is 1.64 bits per heavy atom. The van der Waals surface area contributed by atoms with Gasteiger partial charge in [0.1, 0.15) is 17.3 Å². The molecule has 0 N–H and O–H groups in total. The van der Waals surface area contributed by atoms with Crippen molar-refractivity contribution in [2.75, 3.05) is 38.3 Å². The number of anilines is 1. The van der Waals surface area contributed by atoms with Gasteiger partial charge in [0.25, 0.3) is 0 Å². The third-order valence-electron chi connectivity index (χ3n) is 6.70. The Bertz CT molecular complexity index is 1470. The molecule has 1 aliphatic heterocycles. The molecular formula is C30H28N4O2. The molecular weight excluding hydrogens is 448 g/mol. The van der Waals surface area contributed by atoms with Crippen molar-refractivity contribution in [3.63, 3.8) is 0 Å². The molecule has 0 spiro atoms. The first-order valence-corrected chi connectivity index (χ1v) is 12.3. The van der Waals surface area contributed by atoms with Gasteiger partial charge in [-0.05, 0) is 53.1 Å². The highest BCUT2D eigenvalue weighted by molar-refractivity contribution is 5.96. The van der Waals surface area contributed by atoms with E-state index in [4.69, 9.17) is 14.6 Å². The molecule has 0 bridgehead atoms. The summed E-state index contributed by atoms with van der Waals surface area (Å²) in [6, 6.07) is 29.5. The van der Waals surface area contributed by atoms with E-state index in [0.29, 0.717) is 6.54 Å². The predicted octanol–water partition coefficient (Wildman–Crippen LogP) is 5.66. The van der Waals surface area contributed by atoms with Crippen LogP contribution in [0.5, 0.6) is 5.75 Å². The predicted molar refractivity (Wildman–Crippen MR) is 144 cm³/mol. The molecule has 0 amide bonds. The Hall–Kier alpha value is -4.16. The van der Waals surface area contributed by atoms with E-state index in [1.165, 1.54) is 16.7 Å². The van der Waals surface area contributed by atoms with Crippen LogP contribution in [0.25, 0.3) is 33.3 Å². The molecule has 0 atom stereocenters. The van der Waals surface area contributed by atoms with Gasteiger partial charge in [0.05, 0.1) is 32.4 Å². The summed E-state index contributed by atoms with van der Waals surface area (Å²) in [5.74, 6) is 1.82. The molecule has 36 heavy (non-hydrogen) atoms.